The van der Waals surface area contributed by atoms with Crippen molar-refractivity contribution in [3.8, 4) is 0 Å². The van der Waals surface area contributed by atoms with Crippen LogP contribution in [0.25, 0.3) is 0 Å². The first kappa shape index (κ1) is 12.5. The van der Waals surface area contributed by atoms with Crippen LogP contribution < -0.4 is 5.32 Å². The van der Waals surface area contributed by atoms with Gasteiger partial charge >= 0.3 is 0 Å². The summed E-state index contributed by atoms with van der Waals surface area (Å²) in [6.07, 6.45) is 0. The topological polar surface area (TPSA) is 58.0 Å². The van der Waals surface area contributed by atoms with Gasteiger partial charge in [-0.25, -0.2) is 0 Å². The Morgan fingerprint density at radius 2 is 2.29 bits per heavy atom. The fourth-order valence-electron chi connectivity index (χ4n) is 1.45. The van der Waals surface area contributed by atoms with E-state index in [0.717, 1.165) is 26.3 Å². The highest BCUT2D eigenvalue weighted by Crippen LogP contribution is 2.22. The molecule has 0 unspecified atom stereocenters. The molecule has 1 aromatic heterocycles. The zero-order valence-electron chi connectivity index (χ0n) is 9.27. The number of anilines is 1. The Hall–Kier alpha value is -0.980. The first-order chi connectivity index (χ1) is 8.20. The Morgan fingerprint density at radius 3 is 2.94 bits per heavy atom. The number of nitrogens with zero attached hydrogens (tertiary/aromatic N) is 2. The molecule has 2 N–H and O–H groups in total. The van der Waals surface area contributed by atoms with Crippen molar-refractivity contribution in [1.29, 1.82) is 0 Å². The molecular weight excluding hydrogens is 302 g/mol. The normalized spacial score (nSPS) is 10.5. The van der Waals surface area contributed by atoms with Crippen LogP contribution in [0.1, 0.15) is 16.1 Å². The maximum absolute atomic E-state index is 9.27. The Bertz CT molecular complexity index is 515. The molecule has 0 aliphatic carbocycles. The van der Waals surface area contributed by atoms with Gasteiger partial charge in [-0.05, 0) is 36.7 Å². The molecule has 0 aliphatic heterocycles. The van der Waals surface area contributed by atoms with Gasteiger partial charge in [-0.1, -0.05) is 20.4 Å². The van der Waals surface area contributed by atoms with E-state index in [4.69, 9.17) is 0 Å². The van der Waals surface area contributed by atoms with E-state index in [2.05, 4.69) is 30.8 Å². The molecule has 2 rings (SSSR count). The zero-order valence-corrected chi connectivity index (χ0v) is 11.7. The molecule has 0 radical (unpaired) electrons. The lowest BCUT2D eigenvalue weighted by molar-refractivity contribution is 0.282. The van der Waals surface area contributed by atoms with Crippen LogP contribution in [0.2, 0.25) is 0 Å². The molecule has 0 amide bonds. The lowest BCUT2D eigenvalue weighted by atomic mass is 10.2. The van der Waals surface area contributed by atoms with Crippen LogP contribution >= 0.6 is 27.5 Å². The molecule has 2 aromatic rings. The molecular formula is C11H12BrN3OS. The number of aryl methyl sites for hydroxylation is 1. The maximum atomic E-state index is 9.27. The summed E-state index contributed by atoms with van der Waals surface area (Å²) in [6.45, 7) is 2.63. The van der Waals surface area contributed by atoms with Crippen LogP contribution in [0.4, 0.5) is 5.69 Å². The molecule has 1 heterocycles. The van der Waals surface area contributed by atoms with Crippen molar-refractivity contribution >= 4 is 33.1 Å². The van der Waals surface area contributed by atoms with Gasteiger partial charge in [0.05, 0.1) is 23.7 Å². The molecule has 0 spiro atoms. The molecule has 6 heteroatoms. The summed E-state index contributed by atoms with van der Waals surface area (Å²) in [5.74, 6) is 0. The van der Waals surface area contributed by atoms with Gasteiger partial charge in [0.2, 0.25) is 0 Å². The second kappa shape index (κ2) is 5.57. The van der Waals surface area contributed by atoms with Gasteiger partial charge < -0.3 is 10.4 Å². The summed E-state index contributed by atoms with van der Waals surface area (Å²) in [7, 11) is 0. The number of rotatable bonds is 4. The molecule has 0 saturated heterocycles. The SMILES string of the molecule is Cc1nnsc1CNc1ccc(Br)cc1CO. The monoisotopic (exact) mass is 313 g/mol. The molecule has 1 aromatic carbocycles. The minimum atomic E-state index is 0.0156. The van der Waals surface area contributed by atoms with Crippen LogP contribution in [0.15, 0.2) is 22.7 Å². The summed E-state index contributed by atoms with van der Waals surface area (Å²) < 4.78 is 4.85. The first-order valence-corrected chi connectivity index (χ1v) is 6.68. The third kappa shape index (κ3) is 3.02. The number of aliphatic hydroxyl groups excluding tert-OH is 1. The predicted octanol–water partition coefficient (Wildman–Crippen LogP) is 2.71. The summed E-state index contributed by atoms with van der Waals surface area (Å²) in [4.78, 5) is 1.11. The first-order valence-electron chi connectivity index (χ1n) is 5.11. The van der Waals surface area contributed by atoms with Gasteiger partial charge in [-0.3, -0.25) is 0 Å². The highest BCUT2D eigenvalue weighted by Gasteiger charge is 2.05. The number of hydrogen-bond acceptors (Lipinski definition) is 5. The van der Waals surface area contributed by atoms with E-state index < -0.39 is 0 Å². The molecule has 0 fully saturated rings. The Balaban J connectivity index is 2.11. The van der Waals surface area contributed by atoms with Crippen molar-refractivity contribution in [3.63, 3.8) is 0 Å². The van der Waals surface area contributed by atoms with E-state index in [1.165, 1.54) is 11.5 Å². The summed E-state index contributed by atoms with van der Waals surface area (Å²) >= 11 is 4.77. The molecule has 90 valence electrons. The Morgan fingerprint density at radius 1 is 1.47 bits per heavy atom. The van der Waals surface area contributed by atoms with Gasteiger partial charge in [0, 0.05) is 15.7 Å². The van der Waals surface area contributed by atoms with E-state index in [0.29, 0.717) is 6.54 Å². The second-order valence-corrected chi connectivity index (χ2v) is 5.35. The van der Waals surface area contributed by atoms with E-state index in [1.807, 2.05) is 25.1 Å². The van der Waals surface area contributed by atoms with Gasteiger partial charge in [0.25, 0.3) is 0 Å². The van der Waals surface area contributed by atoms with Crippen molar-refractivity contribution in [3.05, 3.63) is 38.8 Å². The molecule has 4 nitrogen and oxygen atoms in total. The Labute approximate surface area is 112 Å². The smallest absolute Gasteiger partial charge is 0.0774 e. The average molecular weight is 314 g/mol. The maximum Gasteiger partial charge on any atom is 0.0774 e. The molecule has 17 heavy (non-hydrogen) atoms. The number of hydrogen-bond donors (Lipinski definition) is 2. The number of aromatic nitrogens is 2. The predicted molar refractivity (Wildman–Crippen MR) is 72.0 cm³/mol. The summed E-state index contributed by atoms with van der Waals surface area (Å²) in [6, 6.07) is 5.79. The molecule has 0 bridgehead atoms. The third-order valence-electron chi connectivity index (χ3n) is 2.42. The standard InChI is InChI=1S/C11H12BrN3OS/c1-7-11(17-15-14-7)5-13-10-3-2-9(12)4-8(10)6-16/h2-4,13,16H,5-6H2,1H3. The van der Waals surface area contributed by atoms with Crippen LogP contribution in [0.3, 0.4) is 0 Å². The number of benzene rings is 1. The van der Waals surface area contributed by atoms with Crippen LogP contribution in [0, 0.1) is 6.92 Å². The van der Waals surface area contributed by atoms with Gasteiger partial charge in [0.15, 0.2) is 0 Å². The van der Waals surface area contributed by atoms with Crippen molar-refractivity contribution in [2.75, 3.05) is 5.32 Å². The highest BCUT2D eigenvalue weighted by atomic mass is 79.9. The van der Waals surface area contributed by atoms with Gasteiger partial charge in [-0.2, -0.15) is 0 Å². The van der Waals surface area contributed by atoms with Crippen molar-refractivity contribution in [2.45, 2.75) is 20.1 Å². The van der Waals surface area contributed by atoms with E-state index in [1.54, 1.807) is 0 Å². The second-order valence-electron chi connectivity index (χ2n) is 3.59. The van der Waals surface area contributed by atoms with Crippen LogP contribution in [0.5, 0.6) is 0 Å². The molecule has 0 atom stereocenters. The molecule has 0 saturated carbocycles. The van der Waals surface area contributed by atoms with Gasteiger partial charge in [0.1, 0.15) is 0 Å². The lowest BCUT2D eigenvalue weighted by Crippen LogP contribution is -2.02. The Kier molecular flexibility index (Phi) is 4.09. The van der Waals surface area contributed by atoms with E-state index in [9.17, 15) is 5.11 Å². The highest BCUT2D eigenvalue weighted by molar-refractivity contribution is 9.10. The lowest BCUT2D eigenvalue weighted by Gasteiger charge is -2.10. The van der Waals surface area contributed by atoms with Crippen molar-refractivity contribution < 1.29 is 5.11 Å². The number of nitrogens with one attached hydrogen (secondary N) is 1. The summed E-state index contributed by atoms with van der Waals surface area (Å²) in [5.41, 5.74) is 2.75. The fraction of sp³-hybridized carbons (Fsp3) is 0.273. The molecule has 0 aliphatic rings. The van der Waals surface area contributed by atoms with E-state index >= 15 is 0 Å². The van der Waals surface area contributed by atoms with Crippen LogP contribution in [-0.4, -0.2) is 14.7 Å². The van der Waals surface area contributed by atoms with Crippen molar-refractivity contribution in [2.24, 2.45) is 0 Å². The minimum Gasteiger partial charge on any atom is -0.392 e. The number of halogens is 1. The van der Waals surface area contributed by atoms with Crippen molar-refractivity contribution in [1.82, 2.24) is 9.59 Å². The fourth-order valence-corrected chi connectivity index (χ4v) is 2.43. The third-order valence-corrected chi connectivity index (χ3v) is 3.74. The minimum absolute atomic E-state index is 0.0156. The largest absolute Gasteiger partial charge is 0.392 e. The quantitative estimate of drug-likeness (QED) is 0.911. The summed E-state index contributed by atoms with van der Waals surface area (Å²) in [5, 5.41) is 16.5. The van der Waals surface area contributed by atoms with Crippen LogP contribution in [-0.2, 0) is 13.2 Å². The van der Waals surface area contributed by atoms with E-state index in [-0.39, 0.29) is 6.61 Å². The number of aliphatic hydroxyl groups is 1. The average Bonchev–Trinajstić information content (AvgIpc) is 2.73. The van der Waals surface area contributed by atoms with Gasteiger partial charge in [-0.15, -0.1) is 5.10 Å². The zero-order chi connectivity index (χ0) is 12.3.